The Morgan fingerprint density at radius 2 is 1.78 bits per heavy atom. The zero-order valence-electron chi connectivity index (χ0n) is 25.1. The van der Waals surface area contributed by atoms with Crippen molar-refractivity contribution in [1.82, 2.24) is 15.1 Å². The van der Waals surface area contributed by atoms with Crippen molar-refractivity contribution in [1.29, 1.82) is 0 Å². The van der Waals surface area contributed by atoms with Crippen LogP contribution in [0.2, 0.25) is 0 Å². The van der Waals surface area contributed by atoms with Gasteiger partial charge < -0.3 is 29.6 Å². The second-order valence-corrected chi connectivity index (χ2v) is 15.2. The molecule has 2 saturated heterocycles. The molecule has 3 N–H and O–H groups in total. The number of carbonyl (C=O) groups is 3. The van der Waals surface area contributed by atoms with E-state index in [9.17, 15) is 27.7 Å². The van der Waals surface area contributed by atoms with E-state index in [0.717, 1.165) is 29.0 Å². The van der Waals surface area contributed by atoms with E-state index in [0.29, 0.717) is 43.8 Å². The molecule has 3 aromatic rings. The third kappa shape index (κ3) is 6.83. The van der Waals surface area contributed by atoms with Gasteiger partial charge in [-0.05, 0) is 47.4 Å². The van der Waals surface area contributed by atoms with E-state index in [1.807, 2.05) is 30.3 Å². The van der Waals surface area contributed by atoms with Crippen LogP contribution >= 0.6 is 18.9 Å². The smallest absolute Gasteiger partial charge is 0.370 e. The number of hydrogen-bond acceptors (Lipinski definition) is 6. The van der Waals surface area contributed by atoms with Crippen LogP contribution in [0.4, 0.5) is 8.78 Å². The molecule has 3 amide bonds. The van der Waals surface area contributed by atoms with Gasteiger partial charge in [-0.25, -0.2) is 0 Å². The van der Waals surface area contributed by atoms with Gasteiger partial charge in [0.05, 0.1) is 18.0 Å². The molecule has 2 aromatic carbocycles. The maximum atomic E-state index is 14.3. The van der Waals surface area contributed by atoms with Gasteiger partial charge in [0.15, 0.2) is 0 Å². The third-order valence-electron chi connectivity index (χ3n) is 8.21. The number of rotatable bonds is 7. The van der Waals surface area contributed by atoms with Gasteiger partial charge >= 0.3 is 13.3 Å². The Labute approximate surface area is 263 Å². The summed E-state index contributed by atoms with van der Waals surface area (Å²) in [5.41, 5.74) is -5.02. The molecule has 10 nitrogen and oxygen atoms in total. The maximum absolute atomic E-state index is 14.3. The second kappa shape index (κ2) is 12.5. The lowest BCUT2D eigenvalue weighted by Crippen LogP contribution is -2.58. The van der Waals surface area contributed by atoms with E-state index >= 15 is 0 Å². The van der Waals surface area contributed by atoms with Crippen LogP contribution in [-0.4, -0.2) is 75.6 Å². The SMILES string of the molecule is CC(C)(C)[C@H](NC(=O)c1cc2cc(C(F)(F)P(=O)(O)O)ccc2s1)C(=O)N1CCC[C@H]1C(=O)N1CCO[C@H](c2ccccc2)C1. The number of morpholine rings is 1. The Morgan fingerprint density at radius 1 is 1.07 bits per heavy atom. The molecule has 0 bridgehead atoms. The number of benzene rings is 2. The van der Waals surface area contributed by atoms with Crippen LogP contribution < -0.4 is 5.32 Å². The van der Waals surface area contributed by atoms with Crippen molar-refractivity contribution in [3.05, 3.63) is 70.6 Å². The van der Waals surface area contributed by atoms with Crippen molar-refractivity contribution < 1.29 is 42.3 Å². The molecule has 0 radical (unpaired) electrons. The van der Waals surface area contributed by atoms with Crippen molar-refractivity contribution in [3.8, 4) is 0 Å². The van der Waals surface area contributed by atoms with Crippen molar-refractivity contribution in [2.75, 3.05) is 26.2 Å². The first kappa shape index (κ1) is 33.2. The van der Waals surface area contributed by atoms with Crippen molar-refractivity contribution in [2.45, 2.75) is 57.5 Å². The van der Waals surface area contributed by atoms with E-state index in [1.54, 1.807) is 30.6 Å². The zero-order chi connectivity index (χ0) is 32.7. The Balaban J connectivity index is 1.32. The lowest BCUT2D eigenvalue weighted by molar-refractivity contribution is -0.150. The van der Waals surface area contributed by atoms with Gasteiger partial charge in [0.1, 0.15) is 18.2 Å². The van der Waals surface area contributed by atoms with E-state index < -0.39 is 42.2 Å². The highest BCUT2D eigenvalue weighted by molar-refractivity contribution is 7.52. The molecular weight excluding hydrogens is 627 g/mol. The summed E-state index contributed by atoms with van der Waals surface area (Å²) < 4.78 is 46.3. The monoisotopic (exact) mass is 663 g/mol. The summed E-state index contributed by atoms with van der Waals surface area (Å²) in [4.78, 5) is 62.8. The standard InChI is InChI=1S/C31H36F2N3O7PS/c1-30(2,3)26(34-27(37)25-17-20-16-21(11-12-24(20)45-25)31(32,33)44(40,41)42)29(39)36-13-7-10-22(36)28(38)35-14-15-43-23(18-35)19-8-5-4-6-9-19/h4-6,8-9,11-12,16-17,22-23,26H,7,10,13-15,18H2,1-3H3,(H,34,37)(H2,40,41,42)/t22-,23-,26+/m0/s1. The van der Waals surface area contributed by atoms with Gasteiger partial charge in [-0.15, -0.1) is 11.3 Å². The Bertz CT molecular complexity index is 1640. The molecule has 0 spiro atoms. The highest BCUT2D eigenvalue weighted by Gasteiger charge is 2.50. The van der Waals surface area contributed by atoms with Crippen molar-refractivity contribution in [3.63, 3.8) is 0 Å². The minimum absolute atomic E-state index is 0.137. The molecule has 0 aliphatic carbocycles. The number of carbonyl (C=O) groups excluding carboxylic acids is 3. The molecule has 3 heterocycles. The molecule has 1 aromatic heterocycles. The number of fused-ring (bicyclic) bond motifs is 1. The predicted octanol–water partition coefficient (Wildman–Crippen LogP) is 4.86. The van der Waals surface area contributed by atoms with Crippen molar-refractivity contribution in [2.24, 2.45) is 5.41 Å². The average molecular weight is 664 g/mol. The highest BCUT2D eigenvalue weighted by atomic mass is 32.1. The van der Waals surface area contributed by atoms with Gasteiger partial charge in [-0.2, -0.15) is 8.78 Å². The molecule has 242 valence electrons. The molecular formula is C31H36F2N3O7PS. The molecule has 45 heavy (non-hydrogen) atoms. The predicted molar refractivity (Wildman–Crippen MR) is 165 cm³/mol. The lowest BCUT2D eigenvalue weighted by atomic mass is 9.85. The summed E-state index contributed by atoms with van der Waals surface area (Å²) in [7, 11) is -5.76. The first-order valence-electron chi connectivity index (χ1n) is 14.6. The number of amides is 3. The minimum atomic E-state index is -5.76. The van der Waals surface area contributed by atoms with Crippen LogP contribution in [0.15, 0.2) is 54.6 Å². The average Bonchev–Trinajstić information content (AvgIpc) is 3.66. The van der Waals surface area contributed by atoms with Crippen LogP contribution in [0.3, 0.4) is 0 Å². The van der Waals surface area contributed by atoms with Crippen LogP contribution in [0, 0.1) is 5.41 Å². The second-order valence-electron chi connectivity index (χ2n) is 12.5. The van der Waals surface area contributed by atoms with Crippen LogP contribution in [0.5, 0.6) is 0 Å². The van der Waals surface area contributed by atoms with E-state index in [2.05, 4.69) is 5.32 Å². The topological polar surface area (TPSA) is 136 Å². The van der Waals surface area contributed by atoms with Gasteiger partial charge in [0.2, 0.25) is 11.8 Å². The fourth-order valence-electron chi connectivity index (χ4n) is 5.74. The summed E-state index contributed by atoms with van der Waals surface area (Å²) >= 11 is 1.00. The Morgan fingerprint density at radius 3 is 2.44 bits per heavy atom. The summed E-state index contributed by atoms with van der Waals surface area (Å²) in [5.74, 6) is -1.14. The largest absolute Gasteiger partial charge is 0.399 e. The molecule has 2 aliphatic heterocycles. The lowest BCUT2D eigenvalue weighted by Gasteiger charge is -2.38. The third-order valence-corrected chi connectivity index (χ3v) is 10.3. The maximum Gasteiger partial charge on any atom is 0.399 e. The molecule has 5 rings (SSSR count). The number of hydrogen-bond donors (Lipinski definition) is 3. The Hall–Kier alpha value is -3.22. The fraction of sp³-hybridized carbons (Fsp3) is 0.452. The molecule has 14 heteroatoms. The van der Waals surface area contributed by atoms with E-state index in [-0.39, 0.29) is 28.2 Å². The van der Waals surface area contributed by atoms with Gasteiger partial charge in [-0.3, -0.25) is 18.9 Å². The number of thiophene rings is 1. The summed E-state index contributed by atoms with van der Waals surface area (Å²) in [6, 6.07) is 12.5. The number of ether oxygens (including phenoxy) is 1. The van der Waals surface area contributed by atoms with Gasteiger partial charge in [0.25, 0.3) is 5.91 Å². The number of nitrogens with zero attached hydrogens (tertiary/aromatic N) is 2. The number of alkyl halides is 2. The number of nitrogens with one attached hydrogen (secondary N) is 1. The highest BCUT2D eigenvalue weighted by Crippen LogP contribution is 2.59. The quantitative estimate of drug-likeness (QED) is 0.307. The summed E-state index contributed by atoms with van der Waals surface area (Å²) in [6.45, 7) is 6.93. The molecule has 2 aliphatic rings. The van der Waals surface area contributed by atoms with Crippen LogP contribution in [0.25, 0.3) is 10.1 Å². The molecule has 0 saturated carbocycles. The number of likely N-dealkylation sites (tertiary alicyclic amines) is 1. The zero-order valence-corrected chi connectivity index (χ0v) is 26.8. The van der Waals surface area contributed by atoms with Crippen LogP contribution in [-0.2, 0) is 24.6 Å². The first-order valence-corrected chi connectivity index (χ1v) is 17.0. The van der Waals surface area contributed by atoms with Crippen molar-refractivity contribution >= 4 is 46.7 Å². The van der Waals surface area contributed by atoms with E-state index in [4.69, 9.17) is 14.5 Å². The molecule has 2 fully saturated rings. The molecule has 0 unspecified atom stereocenters. The minimum Gasteiger partial charge on any atom is -0.370 e. The first-order chi connectivity index (χ1) is 21.1. The van der Waals surface area contributed by atoms with Gasteiger partial charge in [-0.1, -0.05) is 57.2 Å². The summed E-state index contributed by atoms with van der Waals surface area (Å²) in [6.07, 6.45) is 0.870. The van der Waals surface area contributed by atoms with E-state index in [1.165, 1.54) is 12.1 Å². The van der Waals surface area contributed by atoms with Gasteiger partial charge in [0, 0.05) is 23.4 Å². The Kier molecular flexibility index (Phi) is 9.23. The number of halogens is 2. The normalized spacial score (nSPS) is 20.3. The summed E-state index contributed by atoms with van der Waals surface area (Å²) in [5, 5.41) is 3.02. The van der Waals surface area contributed by atoms with Crippen LogP contribution in [0.1, 0.15) is 60.5 Å². The fourth-order valence-corrected chi connectivity index (χ4v) is 7.17. The molecule has 3 atom stereocenters.